The molecular weight excluding hydrogens is 332 g/mol. The largest absolute Gasteiger partial charge is 0.497 e. The highest BCUT2D eigenvalue weighted by atomic mass is 16.5. The number of carbonyl (C=O) groups is 1. The molecule has 0 aliphatic heterocycles. The third-order valence-corrected chi connectivity index (χ3v) is 3.97. The number of para-hydroxylation sites is 1. The maximum Gasteiger partial charge on any atom is 0.274 e. The molecule has 0 fully saturated rings. The van der Waals surface area contributed by atoms with Crippen LogP contribution in [0.2, 0.25) is 0 Å². The normalized spacial score (nSPS) is 10.6. The Morgan fingerprint density at radius 3 is 2.73 bits per heavy atom. The van der Waals surface area contributed by atoms with Crippen LogP contribution in [-0.4, -0.2) is 33.1 Å². The summed E-state index contributed by atoms with van der Waals surface area (Å²) in [7, 11) is 1.59. The molecule has 0 atom stereocenters. The van der Waals surface area contributed by atoms with Crippen LogP contribution < -0.4 is 10.1 Å². The Kier molecular flexibility index (Phi) is 5.28. The van der Waals surface area contributed by atoms with Crippen molar-refractivity contribution in [3.8, 4) is 11.4 Å². The van der Waals surface area contributed by atoms with Crippen molar-refractivity contribution in [1.82, 2.24) is 20.3 Å². The molecule has 26 heavy (non-hydrogen) atoms. The third-order valence-electron chi connectivity index (χ3n) is 3.97. The summed E-state index contributed by atoms with van der Waals surface area (Å²) in [5.74, 6) is 0.329. The molecule has 7 heteroatoms. The summed E-state index contributed by atoms with van der Waals surface area (Å²) in [6, 6.07) is 15.0. The second-order valence-corrected chi connectivity index (χ2v) is 5.76. The van der Waals surface area contributed by atoms with Crippen LogP contribution in [0.1, 0.15) is 27.3 Å². The lowest BCUT2D eigenvalue weighted by Gasteiger charge is -2.06. The number of benzene rings is 2. The van der Waals surface area contributed by atoms with Gasteiger partial charge in [-0.3, -0.25) is 4.79 Å². The molecule has 134 valence electrons. The van der Waals surface area contributed by atoms with Crippen molar-refractivity contribution in [1.29, 1.82) is 0 Å². The van der Waals surface area contributed by atoms with Gasteiger partial charge in [-0.2, -0.15) is 4.80 Å². The average Bonchev–Trinajstić information content (AvgIpc) is 3.11. The molecule has 0 spiro atoms. The molecule has 3 aromatic rings. The van der Waals surface area contributed by atoms with Crippen LogP contribution in [0.4, 0.5) is 0 Å². The number of hydrogen-bond donors (Lipinski definition) is 2. The molecular formula is C19H20N4O3. The van der Waals surface area contributed by atoms with Crippen LogP contribution in [0.15, 0.2) is 48.5 Å². The summed E-state index contributed by atoms with van der Waals surface area (Å²) < 4.78 is 5.17. The molecule has 0 radical (unpaired) electrons. The predicted octanol–water partition coefficient (Wildman–Crippen LogP) is 2.01. The maximum atomic E-state index is 12.5. The van der Waals surface area contributed by atoms with Gasteiger partial charge in [0, 0.05) is 6.54 Å². The van der Waals surface area contributed by atoms with E-state index in [1.807, 2.05) is 55.5 Å². The smallest absolute Gasteiger partial charge is 0.274 e. The van der Waals surface area contributed by atoms with Crippen LogP contribution >= 0.6 is 0 Å². The number of amides is 1. The number of aromatic nitrogens is 3. The summed E-state index contributed by atoms with van der Waals surface area (Å²) in [6.07, 6.45) is 0. The van der Waals surface area contributed by atoms with Crippen molar-refractivity contribution >= 4 is 5.91 Å². The van der Waals surface area contributed by atoms with Crippen LogP contribution in [0.3, 0.4) is 0 Å². The summed E-state index contributed by atoms with van der Waals surface area (Å²) in [5.41, 5.74) is 2.97. The number of methoxy groups -OCH3 is 1. The number of aliphatic hydroxyl groups is 1. The van der Waals surface area contributed by atoms with Gasteiger partial charge in [-0.25, -0.2) is 0 Å². The topological polar surface area (TPSA) is 89.3 Å². The van der Waals surface area contributed by atoms with Crippen LogP contribution in [0.5, 0.6) is 5.75 Å². The van der Waals surface area contributed by atoms with E-state index in [0.717, 1.165) is 22.6 Å². The Morgan fingerprint density at radius 2 is 2.00 bits per heavy atom. The van der Waals surface area contributed by atoms with Crippen molar-refractivity contribution in [3.63, 3.8) is 0 Å². The summed E-state index contributed by atoms with van der Waals surface area (Å²) in [6.45, 7) is 1.88. The Balaban J connectivity index is 1.79. The van der Waals surface area contributed by atoms with E-state index in [4.69, 9.17) is 4.74 Å². The second kappa shape index (κ2) is 7.79. The number of ether oxygens (including phenoxy) is 1. The number of rotatable bonds is 6. The molecule has 0 unspecified atom stereocenters. The Labute approximate surface area is 151 Å². The van der Waals surface area contributed by atoms with Gasteiger partial charge >= 0.3 is 0 Å². The number of carbonyl (C=O) groups excluding carboxylic acids is 1. The highest BCUT2D eigenvalue weighted by Crippen LogP contribution is 2.15. The standard InChI is InChI=1S/C19H20N4O3/c1-13-6-3-4-9-17(13)23-21-16(12-24)18(22-23)19(25)20-11-14-7-5-8-15(10-14)26-2/h3-10,24H,11-12H2,1-2H3,(H,20,25). The fraction of sp³-hybridized carbons (Fsp3) is 0.211. The van der Waals surface area contributed by atoms with Crippen molar-refractivity contribution in [3.05, 3.63) is 71.0 Å². The fourth-order valence-electron chi connectivity index (χ4n) is 2.56. The summed E-state index contributed by atoms with van der Waals surface area (Å²) >= 11 is 0. The Bertz CT molecular complexity index is 921. The van der Waals surface area contributed by atoms with Gasteiger partial charge in [0.05, 0.1) is 19.4 Å². The second-order valence-electron chi connectivity index (χ2n) is 5.76. The molecule has 1 amide bonds. The molecule has 0 bridgehead atoms. The van der Waals surface area contributed by atoms with Gasteiger partial charge in [-0.05, 0) is 36.2 Å². The van der Waals surface area contributed by atoms with Crippen LogP contribution in [0, 0.1) is 6.92 Å². The van der Waals surface area contributed by atoms with Crippen molar-refractivity contribution < 1.29 is 14.6 Å². The van der Waals surface area contributed by atoms with Gasteiger partial charge in [0.1, 0.15) is 11.4 Å². The van der Waals surface area contributed by atoms with E-state index in [-0.39, 0.29) is 18.0 Å². The van der Waals surface area contributed by atoms with Gasteiger partial charge in [-0.15, -0.1) is 10.2 Å². The number of aliphatic hydroxyl groups excluding tert-OH is 1. The van der Waals surface area contributed by atoms with E-state index in [1.165, 1.54) is 4.80 Å². The SMILES string of the molecule is COc1cccc(CNC(=O)c2nn(-c3ccccc3C)nc2CO)c1. The van der Waals surface area contributed by atoms with Gasteiger partial charge in [0.2, 0.25) is 0 Å². The van der Waals surface area contributed by atoms with Gasteiger partial charge < -0.3 is 15.2 Å². The predicted molar refractivity (Wildman–Crippen MR) is 96.2 cm³/mol. The van der Waals surface area contributed by atoms with Crippen molar-refractivity contribution in [2.75, 3.05) is 7.11 Å². The monoisotopic (exact) mass is 352 g/mol. The van der Waals surface area contributed by atoms with E-state index in [0.29, 0.717) is 6.54 Å². The first-order valence-electron chi connectivity index (χ1n) is 8.16. The molecule has 1 heterocycles. The first-order valence-corrected chi connectivity index (χ1v) is 8.16. The maximum absolute atomic E-state index is 12.5. The first kappa shape index (κ1) is 17.6. The average molecular weight is 352 g/mol. The van der Waals surface area contributed by atoms with Crippen molar-refractivity contribution in [2.45, 2.75) is 20.1 Å². The van der Waals surface area contributed by atoms with Gasteiger partial charge in [-0.1, -0.05) is 30.3 Å². The lowest BCUT2D eigenvalue weighted by molar-refractivity contribution is 0.0942. The highest BCUT2D eigenvalue weighted by Gasteiger charge is 2.19. The molecule has 2 aromatic carbocycles. The van der Waals surface area contributed by atoms with E-state index in [2.05, 4.69) is 15.5 Å². The highest BCUT2D eigenvalue weighted by molar-refractivity contribution is 5.93. The lowest BCUT2D eigenvalue weighted by Crippen LogP contribution is -2.24. The first-order chi connectivity index (χ1) is 12.6. The fourth-order valence-corrected chi connectivity index (χ4v) is 2.56. The lowest BCUT2D eigenvalue weighted by atomic mass is 10.2. The van der Waals surface area contributed by atoms with Gasteiger partial charge in [0.25, 0.3) is 5.91 Å². The number of aryl methyl sites for hydroxylation is 1. The van der Waals surface area contributed by atoms with E-state index < -0.39 is 5.91 Å². The van der Waals surface area contributed by atoms with Gasteiger partial charge in [0.15, 0.2) is 5.69 Å². The minimum atomic E-state index is -0.392. The molecule has 1 aromatic heterocycles. The minimum absolute atomic E-state index is 0.110. The number of hydrogen-bond acceptors (Lipinski definition) is 5. The van der Waals surface area contributed by atoms with Crippen molar-refractivity contribution in [2.24, 2.45) is 0 Å². The Morgan fingerprint density at radius 1 is 1.19 bits per heavy atom. The zero-order valence-electron chi connectivity index (χ0n) is 14.6. The third kappa shape index (κ3) is 3.73. The number of nitrogens with one attached hydrogen (secondary N) is 1. The molecule has 0 aliphatic carbocycles. The summed E-state index contributed by atoms with van der Waals surface area (Å²) in [4.78, 5) is 13.9. The zero-order valence-corrected chi connectivity index (χ0v) is 14.6. The van der Waals surface area contributed by atoms with Crippen LogP contribution in [0.25, 0.3) is 5.69 Å². The molecule has 3 rings (SSSR count). The number of nitrogens with zero attached hydrogens (tertiary/aromatic N) is 3. The van der Waals surface area contributed by atoms with Crippen LogP contribution in [-0.2, 0) is 13.2 Å². The molecule has 7 nitrogen and oxygen atoms in total. The summed E-state index contributed by atoms with van der Waals surface area (Å²) in [5, 5.41) is 20.8. The van der Waals surface area contributed by atoms with E-state index in [1.54, 1.807) is 7.11 Å². The quantitative estimate of drug-likeness (QED) is 0.708. The zero-order chi connectivity index (χ0) is 18.5. The molecule has 0 saturated heterocycles. The molecule has 2 N–H and O–H groups in total. The molecule has 0 aliphatic rings. The molecule has 0 saturated carbocycles. The van der Waals surface area contributed by atoms with E-state index >= 15 is 0 Å². The Hall–Kier alpha value is -3.19. The van der Waals surface area contributed by atoms with E-state index in [9.17, 15) is 9.90 Å². The minimum Gasteiger partial charge on any atom is -0.497 e.